The molecule has 0 aliphatic rings. The van der Waals surface area contributed by atoms with E-state index in [-0.39, 0.29) is 11.6 Å². The second kappa shape index (κ2) is 8.11. The summed E-state index contributed by atoms with van der Waals surface area (Å²) in [5.41, 5.74) is 4.67. The lowest BCUT2D eigenvalue weighted by Gasteiger charge is -2.13. The topological polar surface area (TPSA) is 90.7 Å². The Bertz CT molecular complexity index is 1010. The monoisotopic (exact) mass is 357 g/mol. The van der Waals surface area contributed by atoms with Crippen LogP contribution in [0.15, 0.2) is 54.9 Å². The molecule has 0 atom stereocenters. The SMILES string of the molecule is CCc1cccc(C)c1Nc1cc(C(=O)Nc2ccc(C#N)cc2)ncn1. The van der Waals surface area contributed by atoms with E-state index in [1.54, 1.807) is 30.3 Å². The van der Waals surface area contributed by atoms with E-state index < -0.39 is 0 Å². The van der Waals surface area contributed by atoms with Crippen molar-refractivity contribution in [3.63, 3.8) is 0 Å². The first-order valence-corrected chi connectivity index (χ1v) is 8.59. The maximum atomic E-state index is 12.5. The minimum Gasteiger partial charge on any atom is -0.340 e. The smallest absolute Gasteiger partial charge is 0.274 e. The van der Waals surface area contributed by atoms with Gasteiger partial charge in [-0.15, -0.1) is 0 Å². The van der Waals surface area contributed by atoms with Gasteiger partial charge in [-0.25, -0.2) is 9.97 Å². The fraction of sp³-hybridized carbons (Fsp3) is 0.143. The fourth-order valence-electron chi connectivity index (χ4n) is 2.70. The van der Waals surface area contributed by atoms with Crippen molar-refractivity contribution in [1.82, 2.24) is 9.97 Å². The number of nitriles is 1. The van der Waals surface area contributed by atoms with Crippen LogP contribution in [0, 0.1) is 18.3 Å². The summed E-state index contributed by atoms with van der Waals surface area (Å²) >= 11 is 0. The van der Waals surface area contributed by atoms with Gasteiger partial charge in [0.05, 0.1) is 11.6 Å². The quantitative estimate of drug-likeness (QED) is 0.713. The molecule has 0 unspecified atom stereocenters. The van der Waals surface area contributed by atoms with Gasteiger partial charge >= 0.3 is 0 Å². The number of hydrogen-bond acceptors (Lipinski definition) is 5. The van der Waals surface area contributed by atoms with E-state index in [0.29, 0.717) is 17.1 Å². The summed E-state index contributed by atoms with van der Waals surface area (Å²) < 4.78 is 0. The zero-order valence-electron chi connectivity index (χ0n) is 15.2. The van der Waals surface area contributed by atoms with Crippen LogP contribution in [0.1, 0.15) is 34.1 Å². The van der Waals surface area contributed by atoms with Gasteiger partial charge in [0.25, 0.3) is 5.91 Å². The van der Waals surface area contributed by atoms with Crippen LogP contribution in [0.3, 0.4) is 0 Å². The number of carbonyl (C=O) groups excluding carboxylic acids is 1. The van der Waals surface area contributed by atoms with Crippen LogP contribution in [-0.2, 0) is 6.42 Å². The van der Waals surface area contributed by atoms with Crippen molar-refractivity contribution in [2.75, 3.05) is 10.6 Å². The van der Waals surface area contributed by atoms with E-state index in [9.17, 15) is 4.79 Å². The number of nitrogens with one attached hydrogen (secondary N) is 2. The lowest BCUT2D eigenvalue weighted by Crippen LogP contribution is -2.14. The standard InChI is InChI=1S/C21H19N5O/c1-3-16-6-4-5-14(2)20(16)26-19-11-18(23-13-24-19)21(27)25-17-9-7-15(12-22)8-10-17/h4-11,13H,3H2,1-2H3,(H,25,27)(H,23,24,26). The lowest BCUT2D eigenvalue weighted by atomic mass is 10.1. The van der Waals surface area contributed by atoms with Crippen molar-refractivity contribution >= 4 is 23.1 Å². The van der Waals surface area contributed by atoms with Gasteiger partial charge in [-0.1, -0.05) is 25.1 Å². The molecule has 1 aromatic heterocycles. The predicted molar refractivity (Wildman–Crippen MR) is 105 cm³/mol. The van der Waals surface area contributed by atoms with Gasteiger partial charge < -0.3 is 10.6 Å². The van der Waals surface area contributed by atoms with Crippen molar-refractivity contribution in [1.29, 1.82) is 5.26 Å². The number of aryl methyl sites for hydroxylation is 2. The van der Waals surface area contributed by atoms with Gasteiger partial charge in [-0.2, -0.15) is 5.26 Å². The Kier molecular flexibility index (Phi) is 5.43. The molecule has 0 radical (unpaired) electrons. The Morgan fingerprint density at radius 1 is 1.15 bits per heavy atom. The maximum Gasteiger partial charge on any atom is 0.274 e. The largest absolute Gasteiger partial charge is 0.340 e. The van der Waals surface area contributed by atoms with E-state index in [0.717, 1.165) is 17.7 Å². The summed E-state index contributed by atoms with van der Waals surface area (Å²) in [5.74, 6) is 0.213. The maximum absolute atomic E-state index is 12.5. The van der Waals surface area contributed by atoms with Crippen LogP contribution < -0.4 is 10.6 Å². The average Bonchev–Trinajstić information content (AvgIpc) is 2.70. The van der Waals surface area contributed by atoms with Crippen molar-refractivity contribution in [2.45, 2.75) is 20.3 Å². The van der Waals surface area contributed by atoms with Gasteiger partial charge in [-0.05, 0) is 48.7 Å². The summed E-state index contributed by atoms with van der Waals surface area (Å²) in [4.78, 5) is 20.8. The Morgan fingerprint density at radius 2 is 1.93 bits per heavy atom. The first-order chi connectivity index (χ1) is 13.1. The normalized spacial score (nSPS) is 10.1. The summed E-state index contributed by atoms with van der Waals surface area (Å²) in [7, 11) is 0. The Morgan fingerprint density at radius 3 is 2.63 bits per heavy atom. The van der Waals surface area contributed by atoms with E-state index in [1.165, 1.54) is 11.9 Å². The molecule has 0 saturated carbocycles. The molecule has 2 N–H and O–H groups in total. The van der Waals surface area contributed by atoms with Gasteiger partial charge in [0.15, 0.2) is 0 Å². The Labute approximate surface area is 157 Å². The van der Waals surface area contributed by atoms with Crippen molar-refractivity contribution < 1.29 is 4.79 Å². The first-order valence-electron chi connectivity index (χ1n) is 8.59. The highest BCUT2D eigenvalue weighted by Gasteiger charge is 2.11. The number of para-hydroxylation sites is 1. The molecular formula is C21H19N5O. The molecule has 6 heteroatoms. The second-order valence-corrected chi connectivity index (χ2v) is 6.02. The van der Waals surface area contributed by atoms with Crippen molar-refractivity contribution in [3.05, 3.63) is 77.2 Å². The highest BCUT2D eigenvalue weighted by Crippen LogP contribution is 2.24. The van der Waals surface area contributed by atoms with Crippen molar-refractivity contribution in [2.24, 2.45) is 0 Å². The summed E-state index contributed by atoms with van der Waals surface area (Å²) in [5, 5.41) is 14.9. The third-order valence-corrected chi connectivity index (χ3v) is 4.16. The third kappa shape index (κ3) is 4.28. The van der Waals surface area contributed by atoms with Crippen molar-refractivity contribution in [3.8, 4) is 6.07 Å². The molecule has 0 fully saturated rings. The zero-order chi connectivity index (χ0) is 19.2. The Balaban J connectivity index is 1.79. The average molecular weight is 357 g/mol. The number of hydrogen-bond donors (Lipinski definition) is 2. The molecular weight excluding hydrogens is 338 g/mol. The molecule has 3 rings (SSSR count). The van der Waals surface area contributed by atoms with E-state index >= 15 is 0 Å². The predicted octanol–water partition coefficient (Wildman–Crippen LogP) is 4.22. The van der Waals surface area contributed by atoms with E-state index in [4.69, 9.17) is 5.26 Å². The van der Waals surface area contributed by atoms with Crippen LogP contribution >= 0.6 is 0 Å². The van der Waals surface area contributed by atoms with Crippen LogP contribution in [0.2, 0.25) is 0 Å². The minimum absolute atomic E-state index is 0.253. The van der Waals surface area contributed by atoms with Gasteiger partial charge in [-0.3, -0.25) is 4.79 Å². The molecule has 0 saturated heterocycles. The molecule has 0 aliphatic heterocycles. The van der Waals surface area contributed by atoms with E-state index in [2.05, 4.69) is 33.6 Å². The molecule has 27 heavy (non-hydrogen) atoms. The molecule has 0 aliphatic carbocycles. The summed E-state index contributed by atoms with van der Waals surface area (Å²) in [6, 6.07) is 16.4. The number of benzene rings is 2. The number of carbonyl (C=O) groups is 1. The fourth-order valence-corrected chi connectivity index (χ4v) is 2.70. The number of rotatable bonds is 5. The number of anilines is 3. The summed E-state index contributed by atoms with van der Waals surface area (Å²) in [6.45, 7) is 4.12. The molecule has 1 heterocycles. The zero-order valence-corrected chi connectivity index (χ0v) is 15.2. The summed E-state index contributed by atoms with van der Waals surface area (Å²) in [6.07, 6.45) is 2.25. The Hall–Kier alpha value is -3.72. The first kappa shape index (κ1) is 18.1. The van der Waals surface area contributed by atoms with E-state index in [1.807, 2.05) is 25.1 Å². The molecule has 0 spiro atoms. The van der Waals surface area contributed by atoms with Gasteiger partial charge in [0.1, 0.15) is 17.8 Å². The molecule has 6 nitrogen and oxygen atoms in total. The highest BCUT2D eigenvalue weighted by molar-refractivity contribution is 6.03. The number of nitrogens with zero attached hydrogens (tertiary/aromatic N) is 3. The van der Waals surface area contributed by atoms with Gasteiger partial charge in [0.2, 0.25) is 0 Å². The van der Waals surface area contributed by atoms with Crippen LogP contribution in [0.5, 0.6) is 0 Å². The molecule has 0 bridgehead atoms. The minimum atomic E-state index is -0.342. The number of aromatic nitrogens is 2. The third-order valence-electron chi connectivity index (χ3n) is 4.16. The van der Waals surface area contributed by atoms with Crippen LogP contribution in [-0.4, -0.2) is 15.9 Å². The van der Waals surface area contributed by atoms with Gasteiger partial charge in [0, 0.05) is 17.4 Å². The molecule has 134 valence electrons. The number of amides is 1. The van der Waals surface area contributed by atoms with Crippen LogP contribution in [0.4, 0.5) is 17.2 Å². The second-order valence-electron chi connectivity index (χ2n) is 6.02. The molecule has 3 aromatic rings. The molecule has 2 aromatic carbocycles. The molecule has 1 amide bonds. The van der Waals surface area contributed by atoms with Crippen LogP contribution in [0.25, 0.3) is 0 Å². The lowest BCUT2D eigenvalue weighted by molar-refractivity contribution is 0.102. The highest BCUT2D eigenvalue weighted by atomic mass is 16.1.